The molecule has 1 heterocycles. The van der Waals surface area contributed by atoms with Gasteiger partial charge < -0.3 is 29.3 Å². The van der Waals surface area contributed by atoms with E-state index in [1.807, 2.05) is 62.1 Å². The SMILES string of the molecule is CCOCCCN(CC(=O)N(CCc1ccc(OC)c(OC)c1)Cc1ccc(C)s1)C(=O)Nc1cccc(C)c1C. The summed E-state index contributed by atoms with van der Waals surface area (Å²) >= 11 is 1.68. The van der Waals surface area contributed by atoms with E-state index in [-0.39, 0.29) is 18.5 Å². The van der Waals surface area contributed by atoms with Crippen LogP contribution in [-0.4, -0.2) is 68.8 Å². The second-order valence-corrected chi connectivity index (χ2v) is 11.3. The van der Waals surface area contributed by atoms with E-state index in [1.165, 1.54) is 4.88 Å². The summed E-state index contributed by atoms with van der Waals surface area (Å²) < 4.78 is 16.3. The number of methoxy groups -OCH3 is 2. The monoisotopic (exact) mass is 581 g/mol. The average molecular weight is 582 g/mol. The van der Waals surface area contributed by atoms with E-state index >= 15 is 0 Å². The van der Waals surface area contributed by atoms with Crippen LogP contribution in [0.1, 0.15) is 39.8 Å². The molecule has 0 radical (unpaired) electrons. The van der Waals surface area contributed by atoms with Crippen LogP contribution >= 0.6 is 11.3 Å². The zero-order chi connectivity index (χ0) is 29.8. The van der Waals surface area contributed by atoms with Gasteiger partial charge in [-0.15, -0.1) is 11.3 Å². The Morgan fingerprint density at radius 1 is 0.927 bits per heavy atom. The average Bonchev–Trinajstić information content (AvgIpc) is 3.38. The molecule has 1 aromatic heterocycles. The molecule has 0 atom stereocenters. The highest BCUT2D eigenvalue weighted by atomic mass is 32.1. The maximum Gasteiger partial charge on any atom is 0.322 e. The van der Waals surface area contributed by atoms with E-state index in [4.69, 9.17) is 14.2 Å². The van der Waals surface area contributed by atoms with Crippen molar-refractivity contribution in [3.63, 3.8) is 0 Å². The number of carbonyl (C=O) groups is 2. The van der Waals surface area contributed by atoms with Crippen LogP contribution in [0.25, 0.3) is 0 Å². The van der Waals surface area contributed by atoms with Gasteiger partial charge in [0.15, 0.2) is 11.5 Å². The minimum Gasteiger partial charge on any atom is -0.493 e. The topological polar surface area (TPSA) is 80.3 Å². The summed E-state index contributed by atoms with van der Waals surface area (Å²) in [5.74, 6) is 1.21. The van der Waals surface area contributed by atoms with Gasteiger partial charge in [-0.05, 0) is 87.6 Å². The Hall–Kier alpha value is -3.56. The lowest BCUT2D eigenvalue weighted by atomic mass is 10.1. The number of benzene rings is 2. The molecule has 222 valence electrons. The molecule has 3 rings (SSSR count). The number of hydrogen-bond donors (Lipinski definition) is 1. The maximum absolute atomic E-state index is 13.8. The van der Waals surface area contributed by atoms with E-state index in [0.717, 1.165) is 27.3 Å². The summed E-state index contributed by atoms with van der Waals surface area (Å²) in [5, 5.41) is 3.02. The number of hydrogen-bond acceptors (Lipinski definition) is 6. The number of carbonyl (C=O) groups excluding carboxylic acids is 2. The normalized spacial score (nSPS) is 10.8. The second-order valence-electron chi connectivity index (χ2n) is 9.92. The fourth-order valence-electron chi connectivity index (χ4n) is 4.45. The van der Waals surface area contributed by atoms with Crippen LogP contribution in [0, 0.1) is 20.8 Å². The fourth-order valence-corrected chi connectivity index (χ4v) is 5.35. The zero-order valence-electron chi connectivity index (χ0n) is 25.1. The van der Waals surface area contributed by atoms with Crippen LogP contribution < -0.4 is 14.8 Å². The second kappa shape index (κ2) is 16.0. The van der Waals surface area contributed by atoms with Crippen molar-refractivity contribution in [2.24, 2.45) is 0 Å². The van der Waals surface area contributed by atoms with Crippen molar-refractivity contribution in [1.29, 1.82) is 0 Å². The van der Waals surface area contributed by atoms with Gasteiger partial charge in [-0.2, -0.15) is 0 Å². The van der Waals surface area contributed by atoms with E-state index in [9.17, 15) is 9.59 Å². The number of aryl methyl sites for hydroxylation is 2. The summed E-state index contributed by atoms with van der Waals surface area (Å²) in [7, 11) is 3.22. The summed E-state index contributed by atoms with van der Waals surface area (Å²) in [6.07, 6.45) is 1.27. The summed E-state index contributed by atoms with van der Waals surface area (Å²) in [5.41, 5.74) is 3.88. The van der Waals surface area contributed by atoms with Gasteiger partial charge in [-0.3, -0.25) is 4.79 Å². The number of urea groups is 1. The molecule has 0 aliphatic carbocycles. The summed E-state index contributed by atoms with van der Waals surface area (Å²) in [4.78, 5) is 33.0. The number of amides is 3. The molecule has 0 saturated heterocycles. The minimum absolute atomic E-state index is 0.0287. The number of nitrogens with zero attached hydrogens (tertiary/aromatic N) is 2. The van der Waals surface area contributed by atoms with Crippen molar-refractivity contribution in [1.82, 2.24) is 9.80 Å². The lowest BCUT2D eigenvalue weighted by molar-refractivity contribution is -0.132. The van der Waals surface area contributed by atoms with Gasteiger partial charge in [0.2, 0.25) is 5.91 Å². The van der Waals surface area contributed by atoms with Gasteiger partial charge >= 0.3 is 6.03 Å². The third-order valence-electron chi connectivity index (χ3n) is 6.99. The first-order valence-electron chi connectivity index (χ1n) is 14.0. The molecule has 0 aliphatic heterocycles. The molecule has 8 nitrogen and oxygen atoms in total. The Labute approximate surface area is 248 Å². The molecule has 9 heteroatoms. The fraction of sp³-hybridized carbons (Fsp3) is 0.438. The highest BCUT2D eigenvalue weighted by Crippen LogP contribution is 2.28. The summed E-state index contributed by atoms with van der Waals surface area (Å²) in [6.45, 7) is 10.5. The Bertz CT molecular complexity index is 1290. The molecule has 0 fully saturated rings. The Morgan fingerprint density at radius 3 is 2.39 bits per heavy atom. The Morgan fingerprint density at radius 2 is 1.71 bits per heavy atom. The number of rotatable bonds is 15. The largest absolute Gasteiger partial charge is 0.493 e. The molecular weight excluding hydrogens is 538 g/mol. The van der Waals surface area contributed by atoms with Gasteiger partial charge in [-0.25, -0.2) is 4.79 Å². The van der Waals surface area contributed by atoms with Gasteiger partial charge in [-0.1, -0.05) is 18.2 Å². The third-order valence-corrected chi connectivity index (χ3v) is 7.98. The van der Waals surface area contributed by atoms with Crippen molar-refractivity contribution in [2.75, 3.05) is 52.4 Å². The van der Waals surface area contributed by atoms with Crippen LogP contribution in [0.5, 0.6) is 11.5 Å². The first kappa shape index (κ1) is 32.0. The lowest BCUT2D eigenvalue weighted by Gasteiger charge is -2.28. The predicted molar refractivity (Wildman–Crippen MR) is 165 cm³/mol. The van der Waals surface area contributed by atoms with Gasteiger partial charge in [0.25, 0.3) is 0 Å². The van der Waals surface area contributed by atoms with E-state index < -0.39 is 0 Å². The van der Waals surface area contributed by atoms with Gasteiger partial charge in [0.1, 0.15) is 6.54 Å². The standard InChI is InChI=1S/C32H43N3O5S/c1-7-40-19-9-17-35(32(37)33-28-11-8-10-23(2)25(28)4)22-31(36)34(21-27-14-12-24(3)41-27)18-16-26-13-15-29(38-5)30(20-26)39-6/h8,10-15,20H,7,9,16-19,21-22H2,1-6H3,(H,33,37). The smallest absolute Gasteiger partial charge is 0.322 e. The molecule has 0 unspecified atom stereocenters. The first-order chi connectivity index (χ1) is 19.7. The van der Waals surface area contributed by atoms with Crippen molar-refractivity contribution >= 4 is 29.0 Å². The number of nitrogens with one attached hydrogen (secondary N) is 1. The van der Waals surface area contributed by atoms with Gasteiger partial charge in [0, 0.05) is 41.7 Å². The molecule has 3 amide bonds. The minimum atomic E-state index is -0.296. The highest BCUT2D eigenvalue weighted by Gasteiger charge is 2.23. The highest BCUT2D eigenvalue weighted by molar-refractivity contribution is 7.11. The van der Waals surface area contributed by atoms with Crippen molar-refractivity contribution in [3.8, 4) is 11.5 Å². The Kier molecular flexibility index (Phi) is 12.5. The molecule has 0 aliphatic rings. The van der Waals surface area contributed by atoms with Crippen LogP contribution in [-0.2, 0) is 22.5 Å². The molecular formula is C32H43N3O5S. The Balaban J connectivity index is 1.78. The zero-order valence-corrected chi connectivity index (χ0v) is 25.9. The van der Waals surface area contributed by atoms with Crippen molar-refractivity contribution < 1.29 is 23.8 Å². The molecule has 41 heavy (non-hydrogen) atoms. The molecule has 0 bridgehead atoms. The molecule has 0 spiro atoms. The predicted octanol–water partition coefficient (Wildman–Crippen LogP) is 6.22. The molecule has 3 aromatic rings. The number of thiophene rings is 1. The third kappa shape index (κ3) is 9.50. The molecule has 2 aromatic carbocycles. The maximum atomic E-state index is 13.8. The van der Waals surface area contributed by atoms with Crippen LogP contribution in [0.15, 0.2) is 48.5 Å². The van der Waals surface area contributed by atoms with E-state index in [2.05, 4.69) is 24.4 Å². The van der Waals surface area contributed by atoms with Crippen LogP contribution in [0.2, 0.25) is 0 Å². The van der Waals surface area contributed by atoms with Crippen molar-refractivity contribution in [3.05, 3.63) is 75.0 Å². The molecule has 1 N–H and O–H groups in total. The lowest BCUT2D eigenvalue weighted by Crippen LogP contribution is -2.45. The first-order valence-corrected chi connectivity index (χ1v) is 14.8. The number of anilines is 1. The van der Waals surface area contributed by atoms with Crippen LogP contribution in [0.3, 0.4) is 0 Å². The van der Waals surface area contributed by atoms with Crippen molar-refractivity contribution in [2.45, 2.75) is 47.1 Å². The number of ether oxygens (including phenoxy) is 3. The quantitative estimate of drug-likeness (QED) is 0.216. The van der Waals surface area contributed by atoms with E-state index in [0.29, 0.717) is 57.2 Å². The van der Waals surface area contributed by atoms with Gasteiger partial charge in [0.05, 0.1) is 20.8 Å². The molecule has 0 saturated carbocycles. The van der Waals surface area contributed by atoms with E-state index in [1.54, 1.807) is 30.5 Å². The summed E-state index contributed by atoms with van der Waals surface area (Å²) in [6, 6.07) is 15.4. The van der Waals surface area contributed by atoms with Crippen LogP contribution in [0.4, 0.5) is 10.5 Å².